The molecule has 3 N–H and O–H groups in total. The van der Waals surface area contributed by atoms with Gasteiger partial charge in [-0.25, -0.2) is 0 Å². The van der Waals surface area contributed by atoms with Crippen molar-refractivity contribution in [3.8, 4) is 0 Å². The Morgan fingerprint density at radius 1 is 1.39 bits per heavy atom. The Hall–Kier alpha value is -1.39. The molecule has 0 bridgehead atoms. The lowest BCUT2D eigenvalue weighted by molar-refractivity contribution is 0.177. The fraction of sp³-hybridized carbons (Fsp3) is 0.214. The van der Waals surface area contributed by atoms with E-state index in [0.29, 0.717) is 12.1 Å². The predicted molar refractivity (Wildman–Crippen MR) is 76.2 cm³/mol. The molecule has 2 rings (SSSR count). The molecular weight excluding hydrogens is 292 g/mol. The van der Waals surface area contributed by atoms with Gasteiger partial charge >= 0.3 is 0 Å². The van der Waals surface area contributed by atoms with Gasteiger partial charge in [0, 0.05) is 29.0 Å². The maximum Gasteiger partial charge on any atom is 0.0834 e. The highest BCUT2D eigenvalue weighted by molar-refractivity contribution is 9.10. The van der Waals surface area contributed by atoms with E-state index in [-0.39, 0.29) is 0 Å². The van der Waals surface area contributed by atoms with Crippen LogP contribution >= 0.6 is 15.9 Å². The Kier molecular flexibility index (Phi) is 3.99. The quantitative estimate of drug-likeness (QED) is 0.916. The van der Waals surface area contributed by atoms with Gasteiger partial charge in [0.15, 0.2) is 0 Å². The first-order valence-electron chi connectivity index (χ1n) is 5.70. The molecule has 0 amide bonds. The third-order valence-electron chi connectivity index (χ3n) is 2.95. The summed E-state index contributed by atoms with van der Waals surface area (Å²) in [5.74, 6) is 0. The summed E-state index contributed by atoms with van der Waals surface area (Å²) in [5.41, 5.74) is 9.36. The monoisotopic (exact) mass is 306 g/mol. The first kappa shape index (κ1) is 13.1. The SMILES string of the molecule is Cc1ccc(Br)cc1C(O)Cc1cnccc1N. The fourth-order valence-electron chi connectivity index (χ4n) is 1.90. The van der Waals surface area contributed by atoms with Gasteiger partial charge in [-0.15, -0.1) is 0 Å². The Balaban J connectivity index is 2.25. The lowest BCUT2D eigenvalue weighted by Gasteiger charge is -2.15. The largest absolute Gasteiger partial charge is 0.398 e. The summed E-state index contributed by atoms with van der Waals surface area (Å²) in [6.45, 7) is 1.98. The van der Waals surface area contributed by atoms with Crippen LogP contribution in [0.4, 0.5) is 5.69 Å². The van der Waals surface area contributed by atoms with Crippen LogP contribution in [0.5, 0.6) is 0 Å². The molecule has 0 saturated carbocycles. The van der Waals surface area contributed by atoms with Crippen LogP contribution in [0.3, 0.4) is 0 Å². The summed E-state index contributed by atoms with van der Waals surface area (Å²) >= 11 is 3.42. The maximum absolute atomic E-state index is 10.3. The molecular formula is C14H15BrN2O. The first-order chi connectivity index (χ1) is 8.58. The van der Waals surface area contributed by atoms with Gasteiger partial charge in [-0.1, -0.05) is 22.0 Å². The molecule has 1 aromatic heterocycles. The number of aromatic nitrogens is 1. The van der Waals surface area contributed by atoms with E-state index in [2.05, 4.69) is 20.9 Å². The van der Waals surface area contributed by atoms with Crippen molar-refractivity contribution in [2.75, 3.05) is 5.73 Å². The number of nitrogens with two attached hydrogens (primary N) is 1. The van der Waals surface area contributed by atoms with Crippen LogP contribution in [-0.4, -0.2) is 10.1 Å². The smallest absolute Gasteiger partial charge is 0.0834 e. The second-order valence-electron chi connectivity index (χ2n) is 4.30. The number of aryl methyl sites for hydroxylation is 1. The number of anilines is 1. The van der Waals surface area contributed by atoms with Gasteiger partial charge in [0.05, 0.1) is 6.10 Å². The van der Waals surface area contributed by atoms with Crippen molar-refractivity contribution in [2.24, 2.45) is 0 Å². The van der Waals surface area contributed by atoms with Crippen LogP contribution in [0, 0.1) is 6.92 Å². The minimum Gasteiger partial charge on any atom is -0.398 e. The zero-order chi connectivity index (χ0) is 13.1. The molecule has 1 aromatic carbocycles. The number of rotatable bonds is 3. The Labute approximate surface area is 115 Å². The van der Waals surface area contributed by atoms with Crippen LogP contribution in [0.1, 0.15) is 22.8 Å². The third kappa shape index (κ3) is 2.89. The van der Waals surface area contributed by atoms with Crippen molar-refractivity contribution >= 4 is 21.6 Å². The molecule has 3 nitrogen and oxygen atoms in total. The lowest BCUT2D eigenvalue weighted by atomic mass is 9.98. The topological polar surface area (TPSA) is 59.1 Å². The molecule has 94 valence electrons. The maximum atomic E-state index is 10.3. The van der Waals surface area contributed by atoms with Gasteiger partial charge in [-0.05, 0) is 41.8 Å². The van der Waals surface area contributed by atoms with Gasteiger partial charge in [0.1, 0.15) is 0 Å². The van der Waals surface area contributed by atoms with Gasteiger partial charge in [0.2, 0.25) is 0 Å². The normalized spacial score (nSPS) is 12.4. The summed E-state index contributed by atoms with van der Waals surface area (Å²) in [6, 6.07) is 7.63. The molecule has 0 aliphatic rings. The molecule has 0 radical (unpaired) electrons. The minimum absolute atomic E-state index is 0.469. The van der Waals surface area contributed by atoms with Crippen molar-refractivity contribution in [3.05, 3.63) is 57.8 Å². The van der Waals surface area contributed by atoms with E-state index >= 15 is 0 Å². The zero-order valence-electron chi connectivity index (χ0n) is 10.1. The molecule has 0 aliphatic heterocycles. The molecule has 1 atom stereocenters. The van der Waals surface area contributed by atoms with Crippen molar-refractivity contribution in [2.45, 2.75) is 19.4 Å². The van der Waals surface area contributed by atoms with Gasteiger partial charge in [-0.2, -0.15) is 0 Å². The first-order valence-corrected chi connectivity index (χ1v) is 6.49. The number of aliphatic hydroxyl groups excluding tert-OH is 1. The summed E-state index contributed by atoms with van der Waals surface area (Å²) in [5, 5.41) is 10.3. The Morgan fingerprint density at radius 3 is 2.89 bits per heavy atom. The number of hydrogen-bond acceptors (Lipinski definition) is 3. The Morgan fingerprint density at radius 2 is 2.17 bits per heavy atom. The molecule has 1 unspecified atom stereocenters. The highest BCUT2D eigenvalue weighted by Gasteiger charge is 2.13. The van der Waals surface area contributed by atoms with E-state index in [1.54, 1.807) is 18.5 Å². The summed E-state index contributed by atoms with van der Waals surface area (Å²) < 4.78 is 0.960. The standard InChI is InChI=1S/C14H15BrN2O/c1-9-2-3-11(15)7-12(9)14(18)6-10-8-17-5-4-13(10)16/h2-5,7-8,14,18H,6H2,1H3,(H2,16,17). The predicted octanol–water partition coefficient (Wildman–Crippen LogP) is 3.01. The third-order valence-corrected chi connectivity index (χ3v) is 3.45. The van der Waals surface area contributed by atoms with Gasteiger partial charge in [-0.3, -0.25) is 4.98 Å². The molecule has 18 heavy (non-hydrogen) atoms. The van der Waals surface area contributed by atoms with E-state index < -0.39 is 6.10 Å². The number of aliphatic hydroxyl groups is 1. The number of halogens is 1. The second kappa shape index (κ2) is 5.50. The number of nitrogens with zero attached hydrogens (tertiary/aromatic N) is 1. The fourth-order valence-corrected chi connectivity index (χ4v) is 2.28. The van der Waals surface area contributed by atoms with Crippen LogP contribution in [0.15, 0.2) is 41.1 Å². The van der Waals surface area contributed by atoms with E-state index in [0.717, 1.165) is 21.2 Å². The molecule has 1 heterocycles. The second-order valence-corrected chi connectivity index (χ2v) is 5.21. The van der Waals surface area contributed by atoms with Gasteiger partial charge < -0.3 is 10.8 Å². The molecule has 4 heteroatoms. The summed E-state index contributed by atoms with van der Waals surface area (Å²) in [7, 11) is 0. The summed E-state index contributed by atoms with van der Waals surface area (Å²) in [6.07, 6.45) is 3.24. The molecule has 2 aromatic rings. The van der Waals surface area contributed by atoms with Crippen LogP contribution in [0.25, 0.3) is 0 Å². The molecule has 0 saturated heterocycles. The molecule has 0 spiro atoms. The van der Waals surface area contributed by atoms with Crippen molar-refractivity contribution in [1.82, 2.24) is 4.98 Å². The highest BCUT2D eigenvalue weighted by Crippen LogP contribution is 2.26. The number of benzene rings is 1. The highest BCUT2D eigenvalue weighted by atomic mass is 79.9. The average molecular weight is 307 g/mol. The molecule has 0 fully saturated rings. The van der Waals surface area contributed by atoms with Crippen molar-refractivity contribution < 1.29 is 5.11 Å². The molecule has 0 aliphatic carbocycles. The van der Waals surface area contributed by atoms with E-state index in [1.165, 1.54) is 0 Å². The number of hydrogen-bond donors (Lipinski definition) is 2. The minimum atomic E-state index is -0.575. The lowest BCUT2D eigenvalue weighted by Crippen LogP contribution is -2.06. The van der Waals surface area contributed by atoms with Crippen LogP contribution in [-0.2, 0) is 6.42 Å². The zero-order valence-corrected chi connectivity index (χ0v) is 11.7. The van der Waals surface area contributed by atoms with Crippen molar-refractivity contribution in [1.29, 1.82) is 0 Å². The van der Waals surface area contributed by atoms with Crippen LogP contribution in [0.2, 0.25) is 0 Å². The van der Waals surface area contributed by atoms with E-state index in [1.807, 2.05) is 25.1 Å². The van der Waals surface area contributed by atoms with Crippen molar-refractivity contribution in [3.63, 3.8) is 0 Å². The van der Waals surface area contributed by atoms with Crippen LogP contribution < -0.4 is 5.73 Å². The average Bonchev–Trinajstić information content (AvgIpc) is 2.35. The number of pyridine rings is 1. The van der Waals surface area contributed by atoms with E-state index in [4.69, 9.17) is 5.73 Å². The number of nitrogen functional groups attached to an aromatic ring is 1. The Bertz CT molecular complexity index is 557. The van der Waals surface area contributed by atoms with Gasteiger partial charge in [0.25, 0.3) is 0 Å². The van der Waals surface area contributed by atoms with E-state index in [9.17, 15) is 5.11 Å². The summed E-state index contributed by atoms with van der Waals surface area (Å²) in [4.78, 5) is 4.03.